The van der Waals surface area contributed by atoms with E-state index in [4.69, 9.17) is 0 Å². The summed E-state index contributed by atoms with van der Waals surface area (Å²) >= 11 is 0. The molecule has 1 saturated heterocycles. The molecule has 1 atom stereocenters. The van der Waals surface area contributed by atoms with Crippen molar-refractivity contribution < 1.29 is 0 Å². The third kappa shape index (κ3) is 1.96. The molecule has 0 aliphatic carbocycles. The highest BCUT2D eigenvalue weighted by Crippen LogP contribution is 2.16. The van der Waals surface area contributed by atoms with Crippen molar-refractivity contribution >= 4 is 0 Å². The van der Waals surface area contributed by atoms with Crippen LogP contribution in [0.3, 0.4) is 0 Å². The normalized spacial score (nSPS) is 34.2. The van der Waals surface area contributed by atoms with Crippen LogP contribution >= 0.6 is 0 Å². The van der Waals surface area contributed by atoms with Gasteiger partial charge in [0.1, 0.15) is 0 Å². The second-order valence-electron chi connectivity index (χ2n) is 3.47. The molecule has 1 aliphatic rings. The number of hydrogen-bond acceptors (Lipinski definition) is 2. The molecule has 10 heavy (non-hydrogen) atoms. The molecule has 0 bridgehead atoms. The molecule has 1 heterocycles. The van der Waals surface area contributed by atoms with Gasteiger partial charge in [-0.2, -0.15) is 0 Å². The smallest absolute Gasteiger partial charge is 0.0277 e. The maximum absolute atomic E-state index is 3.53. The molecule has 0 aromatic rings. The van der Waals surface area contributed by atoms with Crippen molar-refractivity contribution in [3.8, 4) is 0 Å². The number of hydrogen-bond donors (Lipinski definition) is 2. The van der Waals surface area contributed by atoms with Gasteiger partial charge < -0.3 is 10.6 Å². The van der Waals surface area contributed by atoms with Crippen LogP contribution < -0.4 is 10.6 Å². The minimum atomic E-state index is 0.368. The molecule has 60 valence electrons. The van der Waals surface area contributed by atoms with Gasteiger partial charge in [0.25, 0.3) is 0 Å². The first-order valence-corrected chi connectivity index (χ1v) is 4.16. The monoisotopic (exact) mass is 142 g/mol. The van der Waals surface area contributed by atoms with E-state index >= 15 is 0 Å². The van der Waals surface area contributed by atoms with Gasteiger partial charge in [-0.05, 0) is 33.4 Å². The van der Waals surface area contributed by atoms with Crippen molar-refractivity contribution in [2.75, 3.05) is 20.1 Å². The first-order valence-electron chi connectivity index (χ1n) is 4.16. The van der Waals surface area contributed by atoms with Gasteiger partial charge in [-0.15, -0.1) is 0 Å². The molecule has 2 nitrogen and oxygen atoms in total. The van der Waals surface area contributed by atoms with Crippen LogP contribution in [-0.4, -0.2) is 25.7 Å². The number of rotatable bonds is 2. The summed E-state index contributed by atoms with van der Waals surface area (Å²) in [7, 11) is 2.02. The molecule has 1 aliphatic heterocycles. The largest absolute Gasteiger partial charge is 0.318 e. The van der Waals surface area contributed by atoms with E-state index < -0.39 is 0 Å². The van der Waals surface area contributed by atoms with Gasteiger partial charge in [0.05, 0.1) is 0 Å². The van der Waals surface area contributed by atoms with Gasteiger partial charge in [0.2, 0.25) is 0 Å². The maximum atomic E-state index is 3.53. The van der Waals surface area contributed by atoms with E-state index in [1.54, 1.807) is 0 Å². The molecular weight excluding hydrogens is 124 g/mol. The molecule has 2 heteroatoms. The van der Waals surface area contributed by atoms with E-state index in [2.05, 4.69) is 17.6 Å². The fraction of sp³-hybridized carbons (Fsp3) is 1.00. The average Bonchev–Trinajstić information content (AvgIpc) is 1.89. The Morgan fingerprint density at radius 3 is 2.80 bits per heavy atom. The number of piperidine rings is 1. The lowest BCUT2D eigenvalue weighted by molar-refractivity contribution is 0.273. The van der Waals surface area contributed by atoms with E-state index in [0.29, 0.717) is 5.54 Å². The summed E-state index contributed by atoms with van der Waals surface area (Å²) in [5, 5.41) is 6.75. The summed E-state index contributed by atoms with van der Waals surface area (Å²) < 4.78 is 0. The Morgan fingerprint density at radius 1 is 1.50 bits per heavy atom. The predicted octanol–water partition coefficient (Wildman–Crippen LogP) is 0.738. The van der Waals surface area contributed by atoms with Crippen LogP contribution in [0.2, 0.25) is 0 Å². The quantitative estimate of drug-likeness (QED) is 0.594. The van der Waals surface area contributed by atoms with E-state index in [9.17, 15) is 0 Å². The molecule has 1 fully saturated rings. The van der Waals surface area contributed by atoms with Crippen molar-refractivity contribution in [3.05, 3.63) is 0 Å². The van der Waals surface area contributed by atoms with Crippen LogP contribution in [0.5, 0.6) is 0 Å². The van der Waals surface area contributed by atoms with E-state index in [1.807, 2.05) is 7.05 Å². The highest BCUT2D eigenvalue weighted by Gasteiger charge is 2.24. The van der Waals surface area contributed by atoms with Crippen molar-refractivity contribution in [2.24, 2.45) is 0 Å². The van der Waals surface area contributed by atoms with Gasteiger partial charge in [0, 0.05) is 12.1 Å². The molecule has 1 rings (SSSR count). The van der Waals surface area contributed by atoms with Gasteiger partial charge in [-0.1, -0.05) is 6.42 Å². The predicted molar refractivity (Wildman–Crippen MR) is 44.2 cm³/mol. The van der Waals surface area contributed by atoms with Crippen LogP contribution in [0.4, 0.5) is 0 Å². The topological polar surface area (TPSA) is 24.1 Å². The number of likely N-dealkylation sites (N-methyl/N-ethyl adjacent to an activating group) is 1. The average molecular weight is 142 g/mol. The zero-order chi connectivity index (χ0) is 7.45. The summed E-state index contributed by atoms with van der Waals surface area (Å²) in [6, 6.07) is 0. The number of nitrogens with one attached hydrogen (secondary N) is 2. The zero-order valence-corrected chi connectivity index (χ0v) is 7.04. The van der Waals surface area contributed by atoms with E-state index in [0.717, 1.165) is 6.54 Å². The molecule has 0 saturated carbocycles. The summed E-state index contributed by atoms with van der Waals surface area (Å²) in [6.07, 6.45) is 4.04. The summed E-state index contributed by atoms with van der Waals surface area (Å²) in [5.41, 5.74) is 0.368. The third-order valence-corrected chi connectivity index (χ3v) is 2.27. The summed E-state index contributed by atoms with van der Waals surface area (Å²) in [6.45, 7) is 4.58. The lowest BCUT2D eigenvalue weighted by Crippen LogP contribution is -2.51. The van der Waals surface area contributed by atoms with Crippen molar-refractivity contribution in [2.45, 2.75) is 31.7 Å². The Labute approximate surface area is 63.4 Å². The van der Waals surface area contributed by atoms with Gasteiger partial charge in [-0.3, -0.25) is 0 Å². The highest BCUT2D eigenvalue weighted by atomic mass is 15.0. The van der Waals surface area contributed by atoms with Crippen LogP contribution in [0.1, 0.15) is 26.2 Å². The molecule has 0 aromatic heterocycles. The fourth-order valence-corrected chi connectivity index (χ4v) is 1.66. The van der Waals surface area contributed by atoms with Crippen LogP contribution in [0.15, 0.2) is 0 Å². The summed E-state index contributed by atoms with van der Waals surface area (Å²) in [5.74, 6) is 0. The fourth-order valence-electron chi connectivity index (χ4n) is 1.66. The van der Waals surface area contributed by atoms with Gasteiger partial charge in [0.15, 0.2) is 0 Å². The van der Waals surface area contributed by atoms with Gasteiger partial charge in [-0.25, -0.2) is 0 Å². The van der Waals surface area contributed by atoms with Crippen molar-refractivity contribution in [1.29, 1.82) is 0 Å². The summed E-state index contributed by atoms with van der Waals surface area (Å²) in [4.78, 5) is 0. The lowest BCUT2D eigenvalue weighted by atomic mass is 9.91. The Morgan fingerprint density at radius 2 is 2.30 bits per heavy atom. The van der Waals surface area contributed by atoms with E-state index in [-0.39, 0.29) is 0 Å². The highest BCUT2D eigenvalue weighted by molar-refractivity contribution is 4.87. The molecule has 0 radical (unpaired) electrons. The Bertz CT molecular complexity index is 89.9. The van der Waals surface area contributed by atoms with Crippen LogP contribution in [-0.2, 0) is 0 Å². The second kappa shape index (κ2) is 3.35. The minimum Gasteiger partial charge on any atom is -0.318 e. The lowest BCUT2D eigenvalue weighted by Gasteiger charge is -2.34. The maximum Gasteiger partial charge on any atom is 0.0277 e. The molecular formula is C8H18N2. The SMILES string of the molecule is CNCC1(C)CCCCN1. The van der Waals surface area contributed by atoms with Crippen LogP contribution in [0.25, 0.3) is 0 Å². The second-order valence-corrected chi connectivity index (χ2v) is 3.47. The van der Waals surface area contributed by atoms with Crippen molar-refractivity contribution in [1.82, 2.24) is 10.6 Å². The van der Waals surface area contributed by atoms with E-state index in [1.165, 1.54) is 25.8 Å². The molecule has 0 amide bonds. The molecule has 0 aromatic carbocycles. The van der Waals surface area contributed by atoms with Gasteiger partial charge >= 0.3 is 0 Å². The first kappa shape index (κ1) is 8.02. The molecule has 1 unspecified atom stereocenters. The first-order chi connectivity index (χ1) is 4.77. The standard InChI is InChI=1S/C8H18N2/c1-8(7-9-2)5-3-4-6-10-8/h9-10H,3-7H2,1-2H3. The van der Waals surface area contributed by atoms with Crippen molar-refractivity contribution in [3.63, 3.8) is 0 Å². The Hall–Kier alpha value is -0.0800. The zero-order valence-electron chi connectivity index (χ0n) is 7.04. The molecule has 0 spiro atoms. The third-order valence-electron chi connectivity index (χ3n) is 2.27. The molecule has 2 N–H and O–H groups in total. The van der Waals surface area contributed by atoms with Crippen LogP contribution in [0, 0.1) is 0 Å². The minimum absolute atomic E-state index is 0.368. The Balaban J connectivity index is 2.32. The Kier molecular flexibility index (Phi) is 2.69.